The molecule has 1 unspecified atom stereocenters. The Hall–Kier alpha value is -1.65. The first-order valence-electron chi connectivity index (χ1n) is 5.83. The van der Waals surface area contributed by atoms with Crippen molar-refractivity contribution in [3.63, 3.8) is 0 Å². The standard InChI is InChI=1S/C12H18N2O3/c1-13-10(15)6-7-3-4-8-9(5-7)12(17)14(2)11(8)16/h7,16-17H,3-6H2,1-2H3,(H,13,15). The first-order chi connectivity index (χ1) is 8.04. The van der Waals surface area contributed by atoms with Gasteiger partial charge in [0.1, 0.15) is 0 Å². The Morgan fingerprint density at radius 2 is 2.06 bits per heavy atom. The molecule has 0 bridgehead atoms. The van der Waals surface area contributed by atoms with Crippen LogP contribution < -0.4 is 5.32 Å². The number of rotatable bonds is 2. The van der Waals surface area contributed by atoms with Crippen LogP contribution in [0.25, 0.3) is 0 Å². The zero-order chi connectivity index (χ0) is 12.6. The molecule has 2 rings (SSSR count). The number of hydrogen-bond acceptors (Lipinski definition) is 3. The van der Waals surface area contributed by atoms with Crippen LogP contribution in [0.1, 0.15) is 24.0 Å². The fraction of sp³-hybridized carbons (Fsp3) is 0.583. The van der Waals surface area contributed by atoms with Crippen LogP contribution >= 0.6 is 0 Å². The van der Waals surface area contributed by atoms with Crippen LogP contribution in [0.3, 0.4) is 0 Å². The van der Waals surface area contributed by atoms with Crippen molar-refractivity contribution in [1.29, 1.82) is 0 Å². The van der Waals surface area contributed by atoms with E-state index in [1.165, 1.54) is 4.57 Å². The van der Waals surface area contributed by atoms with Gasteiger partial charge in [-0.3, -0.25) is 9.36 Å². The third-order valence-electron chi connectivity index (χ3n) is 3.59. The Kier molecular flexibility index (Phi) is 3.00. The van der Waals surface area contributed by atoms with Crippen LogP contribution in [0.5, 0.6) is 11.8 Å². The molecule has 0 aromatic carbocycles. The summed E-state index contributed by atoms with van der Waals surface area (Å²) >= 11 is 0. The van der Waals surface area contributed by atoms with Crippen LogP contribution in [0.4, 0.5) is 0 Å². The Morgan fingerprint density at radius 1 is 1.41 bits per heavy atom. The second-order valence-electron chi connectivity index (χ2n) is 4.65. The summed E-state index contributed by atoms with van der Waals surface area (Å²) in [5, 5.41) is 22.3. The van der Waals surface area contributed by atoms with Gasteiger partial charge in [-0.25, -0.2) is 0 Å². The number of hydrogen-bond donors (Lipinski definition) is 3. The largest absolute Gasteiger partial charge is 0.494 e. The number of carbonyl (C=O) groups is 1. The molecule has 1 atom stereocenters. The first kappa shape index (κ1) is 11.8. The minimum absolute atomic E-state index is 0.0260. The summed E-state index contributed by atoms with van der Waals surface area (Å²) in [6, 6.07) is 0. The molecule has 1 aromatic heterocycles. The molecule has 17 heavy (non-hydrogen) atoms. The van der Waals surface area contributed by atoms with E-state index < -0.39 is 0 Å². The van der Waals surface area contributed by atoms with E-state index in [-0.39, 0.29) is 23.6 Å². The minimum Gasteiger partial charge on any atom is -0.494 e. The second-order valence-corrected chi connectivity index (χ2v) is 4.65. The maximum Gasteiger partial charge on any atom is 0.220 e. The summed E-state index contributed by atoms with van der Waals surface area (Å²) in [6.45, 7) is 0. The van der Waals surface area contributed by atoms with Gasteiger partial charge in [-0.2, -0.15) is 0 Å². The molecule has 1 aliphatic rings. The zero-order valence-electron chi connectivity index (χ0n) is 10.2. The van der Waals surface area contributed by atoms with Gasteiger partial charge in [-0.15, -0.1) is 0 Å². The van der Waals surface area contributed by atoms with E-state index in [2.05, 4.69) is 5.32 Å². The average Bonchev–Trinajstić information content (AvgIpc) is 2.54. The Bertz CT molecular complexity index is 451. The van der Waals surface area contributed by atoms with Gasteiger partial charge in [0.25, 0.3) is 0 Å². The summed E-state index contributed by atoms with van der Waals surface area (Å²) in [5.41, 5.74) is 1.63. The number of carbonyl (C=O) groups excluding carboxylic acids is 1. The predicted molar refractivity (Wildman–Crippen MR) is 62.9 cm³/mol. The molecule has 1 aliphatic carbocycles. The SMILES string of the molecule is CNC(=O)CC1CCc2c(c(O)n(C)c2O)C1. The number of amides is 1. The normalized spacial score (nSPS) is 18.8. The number of aromatic hydroxyl groups is 2. The molecule has 94 valence electrons. The molecule has 1 aromatic rings. The Morgan fingerprint density at radius 3 is 2.71 bits per heavy atom. The van der Waals surface area contributed by atoms with Gasteiger partial charge in [0, 0.05) is 31.6 Å². The molecule has 0 aliphatic heterocycles. The van der Waals surface area contributed by atoms with Gasteiger partial charge in [0.05, 0.1) is 0 Å². The molecule has 0 spiro atoms. The number of aromatic nitrogens is 1. The molecular formula is C12H18N2O3. The summed E-state index contributed by atoms with van der Waals surface area (Å²) < 4.78 is 1.40. The van der Waals surface area contributed by atoms with Crippen molar-refractivity contribution in [2.75, 3.05) is 7.05 Å². The molecule has 0 fully saturated rings. The van der Waals surface area contributed by atoms with E-state index in [0.29, 0.717) is 12.8 Å². The lowest BCUT2D eigenvalue weighted by Gasteiger charge is -2.21. The lowest BCUT2D eigenvalue weighted by atomic mass is 9.84. The van der Waals surface area contributed by atoms with Crippen molar-refractivity contribution in [2.45, 2.75) is 25.7 Å². The minimum atomic E-state index is 0.0260. The van der Waals surface area contributed by atoms with Gasteiger partial charge in [-0.05, 0) is 25.2 Å². The molecular weight excluding hydrogens is 220 g/mol. The lowest BCUT2D eigenvalue weighted by molar-refractivity contribution is -0.121. The van der Waals surface area contributed by atoms with E-state index in [0.717, 1.165) is 24.0 Å². The molecule has 5 heteroatoms. The van der Waals surface area contributed by atoms with Crippen LogP contribution in [-0.4, -0.2) is 27.7 Å². The van der Waals surface area contributed by atoms with Crippen molar-refractivity contribution < 1.29 is 15.0 Å². The van der Waals surface area contributed by atoms with Crippen LogP contribution in [0, 0.1) is 5.92 Å². The number of nitrogens with one attached hydrogen (secondary N) is 1. The van der Waals surface area contributed by atoms with E-state index in [9.17, 15) is 15.0 Å². The Balaban J connectivity index is 2.19. The third kappa shape index (κ3) is 1.97. The van der Waals surface area contributed by atoms with Gasteiger partial charge >= 0.3 is 0 Å². The van der Waals surface area contributed by atoms with Gasteiger partial charge < -0.3 is 15.5 Å². The van der Waals surface area contributed by atoms with E-state index in [1.54, 1.807) is 14.1 Å². The van der Waals surface area contributed by atoms with Crippen molar-refractivity contribution in [3.8, 4) is 11.8 Å². The zero-order valence-corrected chi connectivity index (χ0v) is 10.2. The molecule has 3 N–H and O–H groups in total. The summed E-state index contributed by atoms with van der Waals surface area (Å²) in [5.74, 6) is 0.545. The van der Waals surface area contributed by atoms with Gasteiger partial charge in [0.2, 0.25) is 5.91 Å². The van der Waals surface area contributed by atoms with Crippen molar-refractivity contribution in [2.24, 2.45) is 13.0 Å². The Labute approximate surface area is 100 Å². The fourth-order valence-corrected chi connectivity index (χ4v) is 2.53. The molecule has 1 amide bonds. The van der Waals surface area contributed by atoms with Crippen molar-refractivity contribution in [1.82, 2.24) is 9.88 Å². The van der Waals surface area contributed by atoms with E-state index in [4.69, 9.17) is 0 Å². The summed E-state index contributed by atoms with van der Waals surface area (Å²) in [4.78, 5) is 11.3. The average molecular weight is 238 g/mol. The highest BCUT2D eigenvalue weighted by atomic mass is 16.3. The predicted octanol–water partition coefficient (Wildman–Crippen LogP) is 0.677. The van der Waals surface area contributed by atoms with E-state index >= 15 is 0 Å². The monoisotopic (exact) mass is 238 g/mol. The maximum absolute atomic E-state index is 11.3. The molecule has 5 nitrogen and oxygen atoms in total. The van der Waals surface area contributed by atoms with Crippen LogP contribution in [-0.2, 0) is 24.7 Å². The molecule has 0 saturated heterocycles. The first-order valence-corrected chi connectivity index (χ1v) is 5.83. The molecule has 0 saturated carbocycles. The maximum atomic E-state index is 11.3. The van der Waals surface area contributed by atoms with Gasteiger partial charge in [0.15, 0.2) is 11.8 Å². The van der Waals surface area contributed by atoms with Crippen molar-refractivity contribution in [3.05, 3.63) is 11.1 Å². The molecule has 0 radical (unpaired) electrons. The smallest absolute Gasteiger partial charge is 0.220 e. The van der Waals surface area contributed by atoms with Crippen LogP contribution in [0.15, 0.2) is 0 Å². The summed E-state index contributed by atoms with van der Waals surface area (Å²) in [7, 11) is 3.26. The second kappa shape index (κ2) is 4.31. The van der Waals surface area contributed by atoms with Crippen LogP contribution in [0.2, 0.25) is 0 Å². The highest BCUT2D eigenvalue weighted by Crippen LogP contribution is 2.40. The topological polar surface area (TPSA) is 74.5 Å². The molecule has 1 heterocycles. The number of nitrogens with zero attached hydrogens (tertiary/aromatic N) is 1. The fourth-order valence-electron chi connectivity index (χ4n) is 2.53. The van der Waals surface area contributed by atoms with Crippen molar-refractivity contribution >= 4 is 5.91 Å². The quantitative estimate of drug-likeness (QED) is 0.709. The highest BCUT2D eigenvalue weighted by Gasteiger charge is 2.28. The highest BCUT2D eigenvalue weighted by molar-refractivity contribution is 5.75. The lowest BCUT2D eigenvalue weighted by Crippen LogP contribution is -2.24. The van der Waals surface area contributed by atoms with Gasteiger partial charge in [-0.1, -0.05) is 0 Å². The van der Waals surface area contributed by atoms with E-state index in [1.807, 2.05) is 0 Å². The third-order valence-corrected chi connectivity index (χ3v) is 3.59. The summed E-state index contributed by atoms with van der Waals surface area (Å²) in [6.07, 6.45) is 2.72. The number of fused-ring (bicyclic) bond motifs is 1.